The van der Waals surface area contributed by atoms with Crippen LogP contribution in [0.15, 0.2) is 12.2 Å². The summed E-state index contributed by atoms with van der Waals surface area (Å²) in [5.74, 6) is -0.539. The number of hydrogen-bond acceptors (Lipinski definition) is 4. The van der Waals surface area contributed by atoms with Crippen LogP contribution in [0.5, 0.6) is 0 Å². The molecule has 0 heterocycles. The highest BCUT2D eigenvalue weighted by atomic mass is 16.6. The van der Waals surface area contributed by atoms with Crippen molar-refractivity contribution in [3.05, 3.63) is 12.2 Å². The Morgan fingerprint density at radius 2 is 2.17 bits per heavy atom. The third-order valence-electron chi connectivity index (χ3n) is 1.28. The van der Waals surface area contributed by atoms with E-state index in [0.717, 1.165) is 0 Å². The van der Waals surface area contributed by atoms with Gasteiger partial charge in [0.05, 0.1) is 6.61 Å². The van der Waals surface area contributed by atoms with Crippen molar-refractivity contribution in [1.82, 2.24) is 0 Å². The molecule has 4 nitrogen and oxygen atoms in total. The number of aliphatic hydroxyl groups excluding tert-OH is 2. The van der Waals surface area contributed by atoms with Crippen LogP contribution >= 0.6 is 0 Å². The molecule has 0 rings (SSSR count). The second kappa shape index (κ2) is 5.74. The molecule has 0 aliphatic rings. The van der Waals surface area contributed by atoms with Crippen molar-refractivity contribution >= 4 is 5.97 Å². The Morgan fingerprint density at radius 3 is 2.50 bits per heavy atom. The molecule has 0 fully saturated rings. The summed E-state index contributed by atoms with van der Waals surface area (Å²) < 4.78 is 4.75. The lowest BCUT2D eigenvalue weighted by atomic mass is 10.2. The molecule has 12 heavy (non-hydrogen) atoms. The molecule has 0 aromatic rings. The van der Waals surface area contributed by atoms with Gasteiger partial charge in [0, 0.05) is 18.6 Å². The van der Waals surface area contributed by atoms with Gasteiger partial charge in [0.15, 0.2) is 0 Å². The number of aliphatic hydroxyl groups is 2. The summed E-state index contributed by atoms with van der Waals surface area (Å²) in [4.78, 5) is 10.9. The SMILES string of the molecule is C=C(C)C(=O)OC(CO)CCO. The van der Waals surface area contributed by atoms with E-state index in [1.54, 1.807) is 0 Å². The van der Waals surface area contributed by atoms with Gasteiger partial charge >= 0.3 is 5.97 Å². The normalized spacial score (nSPS) is 12.2. The monoisotopic (exact) mass is 174 g/mol. The molecular weight excluding hydrogens is 160 g/mol. The molecule has 70 valence electrons. The van der Waals surface area contributed by atoms with Gasteiger partial charge in [-0.25, -0.2) is 4.79 Å². The second-order valence-electron chi connectivity index (χ2n) is 2.50. The molecular formula is C8H14O4. The highest BCUT2D eigenvalue weighted by Crippen LogP contribution is 2.01. The topological polar surface area (TPSA) is 66.8 Å². The quantitative estimate of drug-likeness (QED) is 0.449. The summed E-state index contributed by atoms with van der Waals surface area (Å²) in [7, 11) is 0. The predicted octanol–water partition coefficient (Wildman–Crippen LogP) is -0.151. The van der Waals surface area contributed by atoms with Crippen LogP contribution in [0.3, 0.4) is 0 Å². The molecule has 0 spiro atoms. The predicted molar refractivity (Wildman–Crippen MR) is 43.5 cm³/mol. The molecule has 4 heteroatoms. The maximum atomic E-state index is 10.9. The smallest absolute Gasteiger partial charge is 0.333 e. The van der Waals surface area contributed by atoms with E-state index in [1.165, 1.54) is 6.92 Å². The lowest BCUT2D eigenvalue weighted by Gasteiger charge is -2.13. The standard InChI is InChI=1S/C8H14O4/c1-6(2)8(11)12-7(5-10)3-4-9/h7,9-10H,1,3-5H2,2H3. The zero-order chi connectivity index (χ0) is 9.56. The highest BCUT2D eigenvalue weighted by molar-refractivity contribution is 5.87. The number of carbonyl (C=O) groups excluding carboxylic acids is 1. The van der Waals surface area contributed by atoms with Crippen molar-refractivity contribution in [1.29, 1.82) is 0 Å². The first-order valence-corrected chi connectivity index (χ1v) is 3.70. The second-order valence-corrected chi connectivity index (χ2v) is 2.50. The molecule has 0 aromatic carbocycles. The van der Waals surface area contributed by atoms with Gasteiger partial charge in [-0.2, -0.15) is 0 Å². The largest absolute Gasteiger partial charge is 0.456 e. The van der Waals surface area contributed by atoms with E-state index in [2.05, 4.69) is 6.58 Å². The molecule has 0 radical (unpaired) electrons. The number of carbonyl (C=O) groups is 1. The average molecular weight is 174 g/mol. The molecule has 0 aliphatic carbocycles. The first kappa shape index (κ1) is 11.1. The first-order chi connectivity index (χ1) is 5.61. The van der Waals surface area contributed by atoms with E-state index >= 15 is 0 Å². The number of rotatable bonds is 5. The lowest BCUT2D eigenvalue weighted by molar-refractivity contribution is -0.146. The van der Waals surface area contributed by atoms with Gasteiger partial charge in [0.1, 0.15) is 6.10 Å². The van der Waals surface area contributed by atoms with E-state index in [9.17, 15) is 4.79 Å². The van der Waals surface area contributed by atoms with Crippen molar-refractivity contribution < 1.29 is 19.7 Å². The van der Waals surface area contributed by atoms with Crippen LogP contribution in [-0.2, 0) is 9.53 Å². The van der Waals surface area contributed by atoms with Crippen LogP contribution in [0.2, 0.25) is 0 Å². The molecule has 0 aromatic heterocycles. The Balaban J connectivity index is 3.85. The zero-order valence-corrected chi connectivity index (χ0v) is 7.12. The Labute approximate surface area is 71.5 Å². The fourth-order valence-electron chi connectivity index (χ4n) is 0.583. The zero-order valence-electron chi connectivity index (χ0n) is 7.12. The molecule has 0 bridgehead atoms. The third kappa shape index (κ3) is 4.10. The number of esters is 1. The summed E-state index contributed by atoms with van der Waals surface area (Å²) in [6, 6.07) is 0. The number of hydrogen-bond donors (Lipinski definition) is 2. The van der Waals surface area contributed by atoms with E-state index in [4.69, 9.17) is 14.9 Å². The van der Waals surface area contributed by atoms with E-state index < -0.39 is 12.1 Å². The molecule has 0 amide bonds. The molecule has 0 saturated heterocycles. The summed E-state index contributed by atoms with van der Waals surface area (Å²) >= 11 is 0. The van der Waals surface area contributed by atoms with Crippen LogP contribution in [0.1, 0.15) is 13.3 Å². The van der Waals surface area contributed by atoms with Crippen LogP contribution in [0.25, 0.3) is 0 Å². The summed E-state index contributed by atoms with van der Waals surface area (Å²) in [5, 5.41) is 17.2. The Kier molecular flexibility index (Phi) is 5.32. The van der Waals surface area contributed by atoms with E-state index in [0.29, 0.717) is 0 Å². The fraction of sp³-hybridized carbons (Fsp3) is 0.625. The van der Waals surface area contributed by atoms with Crippen molar-refractivity contribution in [2.75, 3.05) is 13.2 Å². The van der Waals surface area contributed by atoms with Gasteiger partial charge in [0.2, 0.25) is 0 Å². The van der Waals surface area contributed by atoms with Gasteiger partial charge in [0.25, 0.3) is 0 Å². The van der Waals surface area contributed by atoms with Crippen LogP contribution in [-0.4, -0.2) is 35.5 Å². The van der Waals surface area contributed by atoms with Gasteiger partial charge in [-0.05, 0) is 6.92 Å². The van der Waals surface area contributed by atoms with Crippen LogP contribution in [0, 0.1) is 0 Å². The highest BCUT2D eigenvalue weighted by Gasteiger charge is 2.12. The summed E-state index contributed by atoms with van der Waals surface area (Å²) in [6.07, 6.45) is -0.380. The summed E-state index contributed by atoms with van der Waals surface area (Å²) in [6.45, 7) is 4.51. The van der Waals surface area contributed by atoms with Crippen LogP contribution < -0.4 is 0 Å². The van der Waals surface area contributed by atoms with Crippen LogP contribution in [0.4, 0.5) is 0 Å². The minimum atomic E-state index is -0.626. The Hall–Kier alpha value is -0.870. The maximum absolute atomic E-state index is 10.9. The third-order valence-corrected chi connectivity index (χ3v) is 1.28. The van der Waals surface area contributed by atoms with Gasteiger partial charge in [-0.1, -0.05) is 6.58 Å². The van der Waals surface area contributed by atoms with Gasteiger partial charge in [-0.15, -0.1) is 0 Å². The first-order valence-electron chi connectivity index (χ1n) is 3.70. The van der Waals surface area contributed by atoms with E-state index in [1.807, 2.05) is 0 Å². The Morgan fingerprint density at radius 1 is 1.58 bits per heavy atom. The molecule has 0 aliphatic heterocycles. The van der Waals surface area contributed by atoms with Crippen molar-refractivity contribution in [3.8, 4) is 0 Å². The molecule has 1 atom stereocenters. The average Bonchev–Trinajstić information content (AvgIpc) is 2.03. The lowest BCUT2D eigenvalue weighted by Crippen LogP contribution is -2.23. The summed E-state index contributed by atoms with van der Waals surface area (Å²) in [5.41, 5.74) is 0.284. The van der Waals surface area contributed by atoms with Crippen molar-refractivity contribution in [2.45, 2.75) is 19.4 Å². The molecule has 2 N–H and O–H groups in total. The Bertz CT molecular complexity index is 164. The molecule has 0 saturated carbocycles. The van der Waals surface area contributed by atoms with Gasteiger partial charge < -0.3 is 14.9 Å². The minimum absolute atomic E-state index is 0.116. The number of ether oxygens (including phenoxy) is 1. The fourth-order valence-corrected chi connectivity index (χ4v) is 0.583. The van der Waals surface area contributed by atoms with Crippen molar-refractivity contribution in [2.24, 2.45) is 0 Å². The van der Waals surface area contributed by atoms with E-state index in [-0.39, 0.29) is 25.2 Å². The van der Waals surface area contributed by atoms with Gasteiger partial charge in [-0.3, -0.25) is 0 Å². The maximum Gasteiger partial charge on any atom is 0.333 e. The minimum Gasteiger partial charge on any atom is -0.456 e. The molecule has 1 unspecified atom stereocenters. The van der Waals surface area contributed by atoms with Crippen molar-refractivity contribution in [3.63, 3.8) is 0 Å².